The Morgan fingerprint density at radius 1 is 0.326 bits per heavy atom. The third-order valence-electron chi connectivity index (χ3n) is 16.2. The van der Waals surface area contributed by atoms with Crippen molar-refractivity contribution in [3.63, 3.8) is 0 Å². The molecule has 0 radical (unpaired) electrons. The smallest absolute Gasteiger partial charge is 0.462 e. The number of unbranched alkanes of at least 4 members (excludes halogenated alkanes) is 34. The molecule has 4 unspecified atom stereocenters. The zero-order chi connectivity index (χ0) is 63.6. The molecule has 0 aromatic heterocycles. The van der Waals surface area contributed by atoms with Gasteiger partial charge >= 0.3 is 39.5 Å². The van der Waals surface area contributed by atoms with E-state index in [4.69, 9.17) is 37.0 Å². The quantitative estimate of drug-likeness (QED) is 0.0222. The molecular formula is C67H130O17P2. The summed E-state index contributed by atoms with van der Waals surface area (Å²) < 4.78 is 67.8. The monoisotopic (exact) mass is 1270 g/mol. The molecule has 86 heavy (non-hydrogen) atoms. The summed E-state index contributed by atoms with van der Waals surface area (Å²) in [4.78, 5) is 72.0. The number of esters is 4. The number of ether oxygens (including phenoxy) is 4. The summed E-state index contributed by atoms with van der Waals surface area (Å²) in [7, 11) is -9.88. The van der Waals surface area contributed by atoms with E-state index in [0.29, 0.717) is 25.7 Å². The zero-order valence-corrected chi connectivity index (χ0v) is 57.4. The van der Waals surface area contributed by atoms with E-state index in [2.05, 4.69) is 41.5 Å². The molecular weight excluding hydrogens is 1140 g/mol. The summed E-state index contributed by atoms with van der Waals surface area (Å²) in [5.41, 5.74) is 0. The van der Waals surface area contributed by atoms with Crippen LogP contribution >= 0.6 is 15.6 Å². The lowest BCUT2D eigenvalue weighted by atomic mass is 9.99. The van der Waals surface area contributed by atoms with Crippen LogP contribution in [0.3, 0.4) is 0 Å². The summed E-state index contributed by atoms with van der Waals surface area (Å²) in [5, 5.41) is 10.5. The van der Waals surface area contributed by atoms with Crippen LogP contribution in [-0.2, 0) is 65.4 Å². The second-order valence-electron chi connectivity index (χ2n) is 24.7. The van der Waals surface area contributed by atoms with Crippen LogP contribution in [0.4, 0.5) is 0 Å². The Labute approximate surface area is 524 Å². The molecule has 0 aliphatic carbocycles. The minimum absolute atomic E-state index is 0.105. The maximum Gasteiger partial charge on any atom is 0.472 e. The largest absolute Gasteiger partial charge is 0.472 e. The Balaban J connectivity index is 5.06. The van der Waals surface area contributed by atoms with Gasteiger partial charge in [0.2, 0.25) is 0 Å². The van der Waals surface area contributed by atoms with Crippen molar-refractivity contribution in [3.8, 4) is 0 Å². The number of phosphoric ester groups is 2. The summed E-state index contributed by atoms with van der Waals surface area (Å²) in [5.74, 6) is -0.542. The highest BCUT2D eigenvalue weighted by atomic mass is 31.2. The number of carbonyl (C=O) groups excluding carboxylic acids is 4. The molecule has 0 saturated heterocycles. The van der Waals surface area contributed by atoms with Crippen LogP contribution in [0, 0.1) is 11.8 Å². The average molecular weight is 1270 g/mol. The molecule has 0 rings (SSSR count). The molecule has 7 atom stereocenters. The Kier molecular flexibility index (Phi) is 58.0. The van der Waals surface area contributed by atoms with E-state index in [1.54, 1.807) is 0 Å². The van der Waals surface area contributed by atoms with Gasteiger partial charge in [-0.3, -0.25) is 37.3 Å². The normalized spacial score (nSPS) is 14.8. The lowest BCUT2D eigenvalue weighted by molar-refractivity contribution is -0.161. The van der Waals surface area contributed by atoms with Crippen molar-refractivity contribution in [1.82, 2.24) is 0 Å². The Hall–Kier alpha value is -1.94. The fourth-order valence-corrected chi connectivity index (χ4v) is 11.6. The molecule has 0 aromatic rings. The van der Waals surface area contributed by atoms with E-state index in [1.807, 2.05) is 0 Å². The van der Waals surface area contributed by atoms with Crippen molar-refractivity contribution in [2.45, 2.75) is 355 Å². The fraction of sp³-hybridized carbons (Fsp3) is 0.940. The zero-order valence-electron chi connectivity index (χ0n) is 55.6. The predicted molar refractivity (Wildman–Crippen MR) is 345 cm³/mol. The molecule has 17 nitrogen and oxygen atoms in total. The SMILES string of the molecule is CCCCCCCCCCCC(=O)O[C@H](COC(=O)CCCCCCC)COP(=O)(O)OC[C@H](O)COP(=O)(O)OC[C@@H](COC(=O)CCCCCCCCC(C)CC)OC(=O)CCCCCCCCCCCCCCCCCCCCC(C)CC. The van der Waals surface area contributed by atoms with Crippen molar-refractivity contribution in [1.29, 1.82) is 0 Å². The highest BCUT2D eigenvalue weighted by Gasteiger charge is 2.30. The number of aliphatic hydroxyl groups is 1. The maximum atomic E-state index is 13.0. The highest BCUT2D eigenvalue weighted by molar-refractivity contribution is 7.47. The lowest BCUT2D eigenvalue weighted by Crippen LogP contribution is -2.30. The van der Waals surface area contributed by atoms with Crippen LogP contribution in [0.5, 0.6) is 0 Å². The molecule has 0 bridgehead atoms. The first-order valence-corrected chi connectivity index (χ1v) is 38.1. The first-order chi connectivity index (χ1) is 41.4. The summed E-state index contributed by atoms with van der Waals surface area (Å²) in [6, 6.07) is 0. The van der Waals surface area contributed by atoms with E-state index in [1.165, 1.54) is 141 Å². The van der Waals surface area contributed by atoms with Gasteiger partial charge in [-0.25, -0.2) is 9.13 Å². The molecule has 0 aliphatic heterocycles. The van der Waals surface area contributed by atoms with E-state index < -0.39 is 97.5 Å². The first kappa shape index (κ1) is 84.1. The third kappa shape index (κ3) is 58.4. The van der Waals surface area contributed by atoms with Gasteiger partial charge in [-0.2, -0.15) is 0 Å². The van der Waals surface area contributed by atoms with Gasteiger partial charge in [0.05, 0.1) is 26.4 Å². The van der Waals surface area contributed by atoms with Crippen LogP contribution in [0.15, 0.2) is 0 Å². The molecule has 0 saturated carbocycles. The lowest BCUT2D eigenvalue weighted by Gasteiger charge is -2.21. The standard InChI is InChI=1S/C67H130O17P2/c1-7-11-13-15-16-27-31-39-45-51-66(71)83-62(55-77-64(69)49-43-35-14-12-8-2)57-81-85(73,74)79-53-61(68)54-80-86(75,76)82-58-63(56-78-65(70)50-44-38-34-33-37-42-48-60(6)10-4)84-67(72)52-46-40-32-29-26-24-22-20-18-17-19-21-23-25-28-30-36-41-47-59(5)9-3/h59-63,68H,7-58H2,1-6H3,(H,73,74)(H,75,76)/t59?,60?,61-,62+,63+/m0/s1. The average Bonchev–Trinajstić information content (AvgIpc) is 3.70. The molecule has 19 heteroatoms. The van der Waals surface area contributed by atoms with Crippen LogP contribution in [0.2, 0.25) is 0 Å². The van der Waals surface area contributed by atoms with Gasteiger partial charge in [0, 0.05) is 25.7 Å². The number of hydrogen-bond acceptors (Lipinski definition) is 15. The van der Waals surface area contributed by atoms with Crippen molar-refractivity contribution < 1.29 is 80.2 Å². The summed E-state index contributed by atoms with van der Waals surface area (Å²) in [6.45, 7) is 9.44. The number of carbonyl (C=O) groups is 4. The molecule has 510 valence electrons. The molecule has 0 fully saturated rings. The highest BCUT2D eigenvalue weighted by Crippen LogP contribution is 2.45. The van der Waals surface area contributed by atoms with Crippen LogP contribution in [0.25, 0.3) is 0 Å². The van der Waals surface area contributed by atoms with Gasteiger partial charge in [-0.1, -0.05) is 286 Å². The minimum atomic E-state index is -4.95. The fourth-order valence-electron chi connectivity index (χ4n) is 10.00. The first-order valence-electron chi connectivity index (χ1n) is 35.1. The molecule has 0 amide bonds. The van der Waals surface area contributed by atoms with E-state index in [0.717, 1.165) is 115 Å². The van der Waals surface area contributed by atoms with Gasteiger partial charge in [0.15, 0.2) is 12.2 Å². The second kappa shape index (κ2) is 59.4. The Bertz CT molecular complexity index is 1690. The molecule has 0 spiro atoms. The van der Waals surface area contributed by atoms with Gasteiger partial charge in [0.25, 0.3) is 0 Å². The Morgan fingerprint density at radius 3 is 0.826 bits per heavy atom. The number of rotatable bonds is 66. The van der Waals surface area contributed by atoms with Crippen molar-refractivity contribution >= 4 is 39.5 Å². The third-order valence-corrected chi connectivity index (χ3v) is 18.1. The molecule has 0 aromatic carbocycles. The molecule has 0 heterocycles. The Morgan fingerprint density at radius 2 is 0.558 bits per heavy atom. The molecule has 0 aliphatic rings. The minimum Gasteiger partial charge on any atom is -0.462 e. The van der Waals surface area contributed by atoms with Crippen LogP contribution in [0.1, 0.15) is 337 Å². The van der Waals surface area contributed by atoms with Crippen LogP contribution in [-0.4, -0.2) is 96.7 Å². The molecule has 3 N–H and O–H groups in total. The summed E-state index contributed by atoms with van der Waals surface area (Å²) >= 11 is 0. The van der Waals surface area contributed by atoms with E-state index in [9.17, 15) is 43.2 Å². The van der Waals surface area contributed by atoms with Gasteiger partial charge < -0.3 is 33.8 Å². The van der Waals surface area contributed by atoms with Crippen molar-refractivity contribution in [2.75, 3.05) is 39.6 Å². The van der Waals surface area contributed by atoms with Gasteiger partial charge in [0.1, 0.15) is 19.3 Å². The van der Waals surface area contributed by atoms with Gasteiger partial charge in [-0.05, 0) is 37.5 Å². The van der Waals surface area contributed by atoms with E-state index >= 15 is 0 Å². The maximum absolute atomic E-state index is 13.0. The second-order valence-corrected chi connectivity index (χ2v) is 27.6. The van der Waals surface area contributed by atoms with Crippen molar-refractivity contribution in [3.05, 3.63) is 0 Å². The predicted octanol–water partition coefficient (Wildman–Crippen LogP) is 18.8. The van der Waals surface area contributed by atoms with Crippen LogP contribution < -0.4 is 0 Å². The van der Waals surface area contributed by atoms with E-state index in [-0.39, 0.29) is 25.7 Å². The number of aliphatic hydroxyl groups excluding tert-OH is 1. The topological polar surface area (TPSA) is 237 Å². The number of hydrogen-bond donors (Lipinski definition) is 3. The number of phosphoric acid groups is 2. The van der Waals surface area contributed by atoms with Crippen molar-refractivity contribution in [2.24, 2.45) is 11.8 Å². The van der Waals surface area contributed by atoms with Gasteiger partial charge in [-0.15, -0.1) is 0 Å². The summed E-state index contributed by atoms with van der Waals surface area (Å²) in [6.07, 6.45) is 43.6.